The van der Waals surface area contributed by atoms with E-state index in [0.29, 0.717) is 5.56 Å². The lowest BCUT2D eigenvalue weighted by Crippen LogP contribution is -2.41. The number of nitrogens with zero attached hydrogens (tertiary/aromatic N) is 1. The number of aliphatic hydroxyl groups is 1. The van der Waals surface area contributed by atoms with Crippen molar-refractivity contribution in [1.82, 2.24) is 10.6 Å². The smallest absolute Gasteiger partial charge is 0.334 e. The second-order valence-corrected chi connectivity index (χ2v) is 3.73. The van der Waals surface area contributed by atoms with Crippen LogP contribution in [0.4, 0.5) is 4.79 Å². The molecule has 0 aromatic heterocycles. The lowest BCUT2D eigenvalue weighted by Gasteiger charge is -2.09. The van der Waals surface area contributed by atoms with E-state index in [1.165, 1.54) is 0 Å². The van der Waals surface area contributed by atoms with Gasteiger partial charge in [-0.1, -0.05) is 12.1 Å². The molecule has 0 fully saturated rings. The lowest BCUT2D eigenvalue weighted by molar-refractivity contribution is -0.146. The van der Waals surface area contributed by atoms with Crippen LogP contribution in [0.5, 0.6) is 0 Å². The molecule has 7 nitrogen and oxygen atoms in total. The molecule has 0 heterocycles. The second kappa shape index (κ2) is 6.98. The molecule has 0 aliphatic rings. The van der Waals surface area contributed by atoms with Crippen molar-refractivity contribution in [2.45, 2.75) is 12.6 Å². The van der Waals surface area contributed by atoms with Crippen LogP contribution in [-0.2, 0) is 11.3 Å². The van der Waals surface area contributed by atoms with Crippen LogP contribution in [0.25, 0.3) is 0 Å². The molecule has 19 heavy (non-hydrogen) atoms. The van der Waals surface area contributed by atoms with Crippen LogP contribution in [0.1, 0.15) is 11.1 Å². The molecule has 100 valence electrons. The molecule has 1 aromatic carbocycles. The van der Waals surface area contributed by atoms with Gasteiger partial charge in [0.05, 0.1) is 18.2 Å². The Morgan fingerprint density at radius 3 is 2.74 bits per heavy atom. The largest absolute Gasteiger partial charge is 0.479 e. The van der Waals surface area contributed by atoms with Crippen LogP contribution >= 0.6 is 0 Å². The summed E-state index contributed by atoms with van der Waals surface area (Å²) in [7, 11) is 0. The van der Waals surface area contributed by atoms with Gasteiger partial charge in [0, 0.05) is 6.54 Å². The Morgan fingerprint density at radius 1 is 1.37 bits per heavy atom. The van der Waals surface area contributed by atoms with E-state index < -0.39 is 18.1 Å². The molecule has 0 spiro atoms. The van der Waals surface area contributed by atoms with Crippen molar-refractivity contribution < 1.29 is 19.8 Å². The van der Waals surface area contributed by atoms with Crippen LogP contribution in [0.3, 0.4) is 0 Å². The minimum atomic E-state index is -1.63. The van der Waals surface area contributed by atoms with Gasteiger partial charge in [-0.25, -0.2) is 9.59 Å². The number of benzene rings is 1. The maximum atomic E-state index is 11.3. The van der Waals surface area contributed by atoms with E-state index in [9.17, 15) is 9.59 Å². The third-order valence-corrected chi connectivity index (χ3v) is 2.25. The molecule has 0 saturated carbocycles. The first-order chi connectivity index (χ1) is 9.02. The number of carboxylic acid groups (broad SMARTS) is 1. The highest BCUT2D eigenvalue weighted by molar-refractivity contribution is 5.76. The first-order valence-corrected chi connectivity index (χ1v) is 5.44. The number of hydrogen-bond acceptors (Lipinski definition) is 4. The number of aliphatic carboxylic acids is 1. The highest BCUT2D eigenvalue weighted by Gasteiger charge is 2.13. The van der Waals surface area contributed by atoms with Gasteiger partial charge < -0.3 is 20.8 Å². The van der Waals surface area contributed by atoms with E-state index in [2.05, 4.69) is 10.6 Å². The van der Waals surface area contributed by atoms with Crippen molar-refractivity contribution in [3.05, 3.63) is 35.4 Å². The molecular formula is C12H13N3O4. The van der Waals surface area contributed by atoms with Crippen LogP contribution in [0.15, 0.2) is 24.3 Å². The van der Waals surface area contributed by atoms with Gasteiger partial charge in [-0.3, -0.25) is 0 Å². The molecule has 0 radical (unpaired) electrons. The van der Waals surface area contributed by atoms with Gasteiger partial charge in [0.25, 0.3) is 0 Å². The number of rotatable bonds is 5. The molecule has 1 rings (SSSR count). The van der Waals surface area contributed by atoms with E-state index in [-0.39, 0.29) is 13.1 Å². The number of nitrogens with one attached hydrogen (secondary N) is 2. The maximum absolute atomic E-state index is 11.3. The highest BCUT2D eigenvalue weighted by atomic mass is 16.4. The summed E-state index contributed by atoms with van der Waals surface area (Å²) in [5.41, 5.74) is 1.23. The van der Waals surface area contributed by atoms with Gasteiger partial charge in [-0.15, -0.1) is 0 Å². The Balaban J connectivity index is 2.38. The normalized spacial score (nSPS) is 11.2. The average molecular weight is 263 g/mol. The van der Waals surface area contributed by atoms with Crippen molar-refractivity contribution >= 4 is 12.0 Å². The van der Waals surface area contributed by atoms with E-state index >= 15 is 0 Å². The zero-order valence-electron chi connectivity index (χ0n) is 9.96. The number of carboxylic acids is 1. The topological polar surface area (TPSA) is 122 Å². The number of nitriles is 1. The minimum absolute atomic E-state index is 0.199. The fraction of sp³-hybridized carbons (Fsp3) is 0.250. The predicted octanol–water partition coefficient (Wildman–Crippen LogP) is -0.197. The van der Waals surface area contributed by atoms with E-state index in [1.54, 1.807) is 24.3 Å². The lowest BCUT2D eigenvalue weighted by atomic mass is 10.1. The van der Waals surface area contributed by atoms with Crippen LogP contribution < -0.4 is 10.6 Å². The van der Waals surface area contributed by atoms with Crippen molar-refractivity contribution in [3.63, 3.8) is 0 Å². The quantitative estimate of drug-likeness (QED) is 0.586. The van der Waals surface area contributed by atoms with Gasteiger partial charge in [-0.05, 0) is 17.7 Å². The summed E-state index contributed by atoms with van der Waals surface area (Å²) in [6.07, 6.45) is -1.63. The molecule has 0 unspecified atom stereocenters. The van der Waals surface area contributed by atoms with Gasteiger partial charge >= 0.3 is 12.0 Å². The van der Waals surface area contributed by atoms with Crippen molar-refractivity contribution in [1.29, 1.82) is 5.26 Å². The Labute approximate surface area is 109 Å². The Hall–Kier alpha value is -2.59. The number of hydrogen-bond donors (Lipinski definition) is 4. The molecule has 0 aliphatic carbocycles. The molecular weight excluding hydrogens is 250 g/mol. The summed E-state index contributed by atoms with van der Waals surface area (Å²) in [5, 5.41) is 30.8. The van der Waals surface area contributed by atoms with Gasteiger partial charge in [0.1, 0.15) is 0 Å². The Morgan fingerprint density at radius 2 is 2.11 bits per heavy atom. The highest BCUT2D eigenvalue weighted by Crippen LogP contribution is 2.03. The zero-order valence-corrected chi connectivity index (χ0v) is 9.96. The molecule has 7 heteroatoms. The van der Waals surface area contributed by atoms with Gasteiger partial charge in [0.2, 0.25) is 0 Å². The summed E-state index contributed by atoms with van der Waals surface area (Å²) in [4.78, 5) is 21.6. The second-order valence-electron chi connectivity index (χ2n) is 3.73. The fourth-order valence-electron chi connectivity index (χ4n) is 1.27. The van der Waals surface area contributed by atoms with E-state index in [4.69, 9.17) is 15.5 Å². The first-order valence-electron chi connectivity index (χ1n) is 5.44. The molecule has 1 atom stereocenters. The number of urea groups is 1. The van der Waals surface area contributed by atoms with E-state index in [0.717, 1.165) is 5.56 Å². The number of carbonyl (C=O) groups excluding carboxylic acids is 1. The maximum Gasteiger partial charge on any atom is 0.334 e. The van der Waals surface area contributed by atoms with Crippen LogP contribution in [-0.4, -0.2) is 34.9 Å². The third kappa shape index (κ3) is 5.06. The SMILES string of the molecule is N#Cc1cccc(CNC(=O)NC[C@H](O)C(=O)O)c1. The third-order valence-electron chi connectivity index (χ3n) is 2.25. The van der Waals surface area contributed by atoms with Crippen molar-refractivity contribution in [2.75, 3.05) is 6.54 Å². The molecule has 1 aromatic rings. The number of aliphatic hydroxyl groups excluding tert-OH is 1. The molecule has 0 saturated heterocycles. The van der Waals surface area contributed by atoms with Crippen LogP contribution in [0.2, 0.25) is 0 Å². The molecule has 4 N–H and O–H groups in total. The zero-order chi connectivity index (χ0) is 14.3. The van der Waals surface area contributed by atoms with Gasteiger partial charge in [-0.2, -0.15) is 5.26 Å². The van der Waals surface area contributed by atoms with E-state index in [1.807, 2.05) is 6.07 Å². The molecule has 2 amide bonds. The number of amides is 2. The summed E-state index contributed by atoms with van der Waals surface area (Å²) < 4.78 is 0. The summed E-state index contributed by atoms with van der Waals surface area (Å²) in [5.74, 6) is -1.40. The predicted molar refractivity (Wildman–Crippen MR) is 65.0 cm³/mol. The first kappa shape index (κ1) is 14.5. The van der Waals surface area contributed by atoms with Crippen molar-refractivity contribution in [3.8, 4) is 6.07 Å². The van der Waals surface area contributed by atoms with Gasteiger partial charge in [0.15, 0.2) is 6.10 Å². The number of carbonyl (C=O) groups is 2. The Bertz CT molecular complexity index is 510. The summed E-state index contributed by atoms with van der Waals surface area (Å²) >= 11 is 0. The molecule has 0 bridgehead atoms. The summed E-state index contributed by atoms with van der Waals surface area (Å²) in [6.45, 7) is -0.177. The standard InChI is InChI=1S/C12H13N3O4/c13-5-8-2-1-3-9(4-8)6-14-12(19)15-7-10(16)11(17)18/h1-4,10,16H,6-7H2,(H,17,18)(H2,14,15,19)/t10-/m0/s1. The monoisotopic (exact) mass is 263 g/mol. The minimum Gasteiger partial charge on any atom is -0.479 e. The van der Waals surface area contributed by atoms with Crippen LogP contribution in [0, 0.1) is 11.3 Å². The Kier molecular flexibility index (Phi) is 5.32. The fourth-order valence-corrected chi connectivity index (χ4v) is 1.27. The van der Waals surface area contributed by atoms with Crippen molar-refractivity contribution in [2.24, 2.45) is 0 Å². The molecule has 0 aliphatic heterocycles. The summed E-state index contributed by atoms with van der Waals surface area (Å²) in [6, 6.07) is 8.10. The average Bonchev–Trinajstić information content (AvgIpc) is 2.42.